The van der Waals surface area contributed by atoms with E-state index in [4.69, 9.17) is 0 Å². The van der Waals surface area contributed by atoms with Gasteiger partial charge in [-0.2, -0.15) is 0 Å². The second-order valence-corrected chi connectivity index (χ2v) is 6.43. The average molecular weight is 340 g/mol. The zero-order chi connectivity index (χ0) is 16.9. The van der Waals surface area contributed by atoms with Crippen LogP contribution in [0.25, 0.3) is 10.4 Å². The fourth-order valence-electron chi connectivity index (χ4n) is 2.41. The van der Waals surface area contributed by atoms with Crippen LogP contribution in [-0.4, -0.2) is 22.3 Å². The second kappa shape index (κ2) is 7.36. The van der Waals surface area contributed by atoms with Crippen molar-refractivity contribution in [1.82, 2.24) is 9.88 Å². The van der Waals surface area contributed by atoms with Gasteiger partial charge in [0.1, 0.15) is 5.82 Å². The molecule has 0 radical (unpaired) electrons. The van der Waals surface area contributed by atoms with Gasteiger partial charge in [-0.15, -0.1) is 11.3 Å². The summed E-state index contributed by atoms with van der Waals surface area (Å²) in [6.07, 6.45) is 3.46. The Morgan fingerprint density at radius 3 is 2.46 bits per heavy atom. The van der Waals surface area contributed by atoms with Gasteiger partial charge in [-0.3, -0.25) is 9.78 Å². The highest BCUT2D eigenvalue weighted by Crippen LogP contribution is 2.29. The highest BCUT2D eigenvalue weighted by molar-refractivity contribution is 7.17. The smallest absolute Gasteiger partial charge is 0.264 e. The number of amides is 1. The first kappa shape index (κ1) is 16.3. The van der Waals surface area contributed by atoms with Gasteiger partial charge in [-0.1, -0.05) is 12.1 Å². The lowest BCUT2D eigenvalue weighted by atomic mass is 10.2. The summed E-state index contributed by atoms with van der Waals surface area (Å²) >= 11 is 1.43. The van der Waals surface area contributed by atoms with Crippen LogP contribution in [0.4, 0.5) is 4.39 Å². The van der Waals surface area contributed by atoms with Gasteiger partial charge >= 0.3 is 0 Å². The number of nitrogens with zero attached hydrogens (tertiary/aromatic N) is 2. The molecule has 0 unspecified atom stereocenters. The highest BCUT2D eigenvalue weighted by atomic mass is 32.1. The van der Waals surface area contributed by atoms with Gasteiger partial charge in [-0.25, -0.2) is 4.39 Å². The number of carbonyl (C=O) groups is 1. The van der Waals surface area contributed by atoms with Gasteiger partial charge < -0.3 is 4.90 Å². The fraction of sp³-hybridized carbons (Fsp3) is 0.158. The molecule has 0 fully saturated rings. The largest absolute Gasteiger partial charge is 0.334 e. The van der Waals surface area contributed by atoms with Crippen LogP contribution in [0.2, 0.25) is 0 Å². The minimum absolute atomic E-state index is 0.00711. The van der Waals surface area contributed by atoms with E-state index >= 15 is 0 Å². The number of carbonyl (C=O) groups excluding carboxylic acids is 1. The maximum Gasteiger partial charge on any atom is 0.264 e. The number of hydrogen-bond acceptors (Lipinski definition) is 3. The maximum atomic E-state index is 13.0. The third-order valence-electron chi connectivity index (χ3n) is 3.74. The van der Waals surface area contributed by atoms with Crippen molar-refractivity contribution in [2.24, 2.45) is 0 Å². The summed E-state index contributed by atoms with van der Waals surface area (Å²) < 4.78 is 13.0. The first-order chi connectivity index (χ1) is 11.7. The van der Waals surface area contributed by atoms with Crippen LogP contribution in [0.15, 0.2) is 60.9 Å². The van der Waals surface area contributed by atoms with E-state index in [1.54, 1.807) is 29.4 Å². The predicted octanol–water partition coefficient (Wildman–Crippen LogP) is 4.61. The molecular formula is C19H17FN2OS. The van der Waals surface area contributed by atoms with E-state index in [0.29, 0.717) is 18.0 Å². The average Bonchev–Trinajstić information content (AvgIpc) is 3.10. The van der Waals surface area contributed by atoms with E-state index in [-0.39, 0.29) is 11.7 Å². The molecule has 2 aromatic heterocycles. The monoisotopic (exact) mass is 340 g/mol. The lowest BCUT2D eigenvalue weighted by molar-refractivity contribution is 0.0757. The topological polar surface area (TPSA) is 33.2 Å². The number of pyridine rings is 1. The number of rotatable bonds is 5. The van der Waals surface area contributed by atoms with Crippen molar-refractivity contribution in [2.75, 3.05) is 6.54 Å². The zero-order valence-electron chi connectivity index (χ0n) is 13.3. The number of hydrogen-bond donors (Lipinski definition) is 0. The van der Waals surface area contributed by atoms with Crippen LogP contribution in [-0.2, 0) is 6.54 Å². The Hall–Kier alpha value is -2.53. The lowest BCUT2D eigenvalue weighted by Gasteiger charge is -2.20. The van der Waals surface area contributed by atoms with Crippen LogP contribution in [0.3, 0.4) is 0 Å². The van der Waals surface area contributed by atoms with E-state index < -0.39 is 0 Å². The third-order valence-corrected chi connectivity index (χ3v) is 4.86. The van der Waals surface area contributed by atoms with E-state index in [1.165, 1.54) is 23.5 Å². The normalized spacial score (nSPS) is 10.6. The van der Waals surface area contributed by atoms with Crippen LogP contribution in [0.1, 0.15) is 22.2 Å². The van der Waals surface area contributed by atoms with E-state index in [1.807, 2.05) is 31.2 Å². The molecule has 0 aliphatic rings. The minimum atomic E-state index is -0.263. The van der Waals surface area contributed by atoms with Crippen molar-refractivity contribution < 1.29 is 9.18 Å². The van der Waals surface area contributed by atoms with Crippen molar-refractivity contribution in [3.05, 3.63) is 77.2 Å². The quantitative estimate of drug-likeness (QED) is 0.679. The molecular weight excluding hydrogens is 323 g/mol. The summed E-state index contributed by atoms with van der Waals surface area (Å²) in [5, 5.41) is 0. The molecule has 0 aliphatic carbocycles. The Bertz CT molecular complexity index is 815. The van der Waals surface area contributed by atoms with Crippen molar-refractivity contribution in [2.45, 2.75) is 13.5 Å². The molecule has 24 heavy (non-hydrogen) atoms. The van der Waals surface area contributed by atoms with Gasteiger partial charge in [0.25, 0.3) is 5.91 Å². The van der Waals surface area contributed by atoms with E-state index in [2.05, 4.69) is 4.98 Å². The molecule has 3 rings (SSSR count). The molecule has 0 saturated carbocycles. The Balaban J connectivity index is 1.77. The van der Waals surface area contributed by atoms with Crippen molar-refractivity contribution >= 4 is 17.2 Å². The summed E-state index contributed by atoms with van der Waals surface area (Å²) in [4.78, 5) is 20.2. The first-order valence-corrected chi connectivity index (χ1v) is 8.53. The Morgan fingerprint density at radius 1 is 1.08 bits per heavy atom. The molecule has 0 N–H and O–H groups in total. The predicted molar refractivity (Wildman–Crippen MR) is 94.4 cm³/mol. The minimum Gasteiger partial charge on any atom is -0.334 e. The summed E-state index contributed by atoms with van der Waals surface area (Å²) in [7, 11) is 0. The maximum absolute atomic E-state index is 13.0. The molecule has 0 atom stereocenters. The molecule has 0 bridgehead atoms. The molecule has 2 heterocycles. The Kier molecular flexibility index (Phi) is 5.01. The van der Waals surface area contributed by atoms with Gasteiger partial charge in [0.05, 0.1) is 4.88 Å². The SMILES string of the molecule is CCN(Cc1ccncc1)C(=O)c1ccc(-c2ccc(F)cc2)s1. The molecule has 5 heteroatoms. The van der Waals surface area contributed by atoms with Crippen molar-refractivity contribution in [3.8, 4) is 10.4 Å². The van der Waals surface area contributed by atoms with Crippen molar-refractivity contribution in [1.29, 1.82) is 0 Å². The number of aromatic nitrogens is 1. The Labute approximate surface area is 144 Å². The van der Waals surface area contributed by atoms with Gasteiger partial charge in [-0.05, 0) is 54.4 Å². The summed E-state index contributed by atoms with van der Waals surface area (Å²) in [6, 6.07) is 13.9. The van der Waals surface area contributed by atoms with Crippen LogP contribution in [0, 0.1) is 5.82 Å². The molecule has 1 amide bonds. The molecule has 122 valence electrons. The Morgan fingerprint density at radius 2 is 1.79 bits per heavy atom. The molecule has 0 spiro atoms. The van der Waals surface area contributed by atoms with Crippen LogP contribution >= 0.6 is 11.3 Å². The van der Waals surface area contributed by atoms with Crippen molar-refractivity contribution in [3.63, 3.8) is 0 Å². The number of thiophene rings is 1. The van der Waals surface area contributed by atoms with E-state index in [0.717, 1.165) is 16.0 Å². The molecule has 1 aromatic carbocycles. The third kappa shape index (κ3) is 3.68. The standard InChI is InChI=1S/C19H17FN2OS/c1-2-22(13-14-9-11-21-12-10-14)19(23)18-8-7-17(24-18)15-3-5-16(20)6-4-15/h3-12H,2,13H2,1H3. The van der Waals surface area contributed by atoms with Gasteiger partial charge in [0.15, 0.2) is 0 Å². The van der Waals surface area contributed by atoms with Crippen LogP contribution < -0.4 is 0 Å². The number of halogens is 1. The van der Waals surface area contributed by atoms with Gasteiger partial charge in [0.2, 0.25) is 0 Å². The lowest BCUT2D eigenvalue weighted by Crippen LogP contribution is -2.29. The molecule has 3 aromatic rings. The molecule has 0 saturated heterocycles. The molecule has 3 nitrogen and oxygen atoms in total. The zero-order valence-corrected chi connectivity index (χ0v) is 14.1. The first-order valence-electron chi connectivity index (χ1n) is 7.71. The van der Waals surface area contributed by atoms with Crippen LogP contribution in [0.5, 0.6) is 0 Å². The second-order valence-electron chi connectivity index (χ2n) is 5.35. The summed E-state index contributed by atoms with van der Waals surface area (Å²) in [6.45, 7) is 3.15. The van der Waals surface area contributed by atoms with E-state index in [9.17, 15) is 9.18 Å². The highest BCUT2D eigenvalue weighted by Gasteiger charge is 2.17. The molecule has 0 aliphatic heterocycles. The number of benzene rings is 1. The summed E-state index contributed by atoms with van der Waals surface area (Å²) in [5.74, 6) is -0.256. The summed E-state index contributed by atoms with van der Waals surface area (Å²) in [5.41, 5.74) is 1.97. The fourth-order valence-corrected chi connectivity index (χ4v) is 3.39. The van der Waals surface area contributed by atoms with Gasteiger partial charge in [0, 0.05) is 30.4 Å².